The lowest BCUT2D eigenvalue weighted by molar-refractivity contribution is 1.51. The van der Waals surface area contributed by atoms with Gasteiger partial charge in [0.25, 0.3) is 0 Å². The summed E-state index contributed by atoms with van der Waals surface area (Å²) in [4.78, 5) is 13.5. The number of thiophene rings is 1. The normalized spacial score (nSPS) is 10.5. The Labute approximate surface area is 137 Å². The highest BCUT2D eigenvalue weighted by Crippen LogP contribution is 2.23. The molecule has 4 rings (SSSR count). The second-order valence-corrected chi connectivity index (χ2v) is 7.36. The van der Waals surface area contributed by atoms with E-state index in [-0.39, 0.29) is 5.43 Å². The van der Waals surface area contributed by atoms with E-state index in [2.05, 4.69) is 25.3 Å². The number of hydrogen-bond acceptors (Lipinski definition) is 3. The van der Waals surface area contributed by atoms with E-state index in [1.54, 1.807) is 22.7 Å². The Morgan fingerprint density at radius 1 is 0.818 bits per heavy atom. The molecule has 0 amide bonds. The van der Waals surface area contributed by atoms with Crippen LogP contribution in [-0.4, -0.2) is 0 Å². The van der Waals surface area contributed by atoms with Gasteiger partial charge >= 0.3 is 0 Å². The van der Waals surface area contributed by atoms with Crippen molar-refractivity contribution in [3.05, 3.63) is 80.6 Å². The molecule has 2 aromatic carbocycles. The maximum atomic E-state index is 12.1. The van der Waals surface area contributed by atoms with Gasteiger partial charge in [0, 0.05) is 25.0 Å². The van der Waals surface area contributed by atoms with E-state index in [9.17, 15) is 4.79 Å². The zero-order valence-corrected chi connectivity index (χ0v) is 14.1. The first-order valence-corrected chi connectivity index (χ1v) is 8.77. The molecule has 3 heteroatoms. The van der Waals surface area contributed by atoms with E-state index >= 15 is 0 Å². The highest BCUT2D eigenvalue weighted by atomic mass is 32.1. The van der Waals surface area contributed by atoms with E-state index in [4.69, 9.17) is 0 Å². The second-order valence-electron chi connectivity index (χ2n) is 5.16. The maximum Gasteiger partial charge on any atom is 0.195 e. The van der Waals surface area contributed by atoms with Crippen molar-refractivity contribution in [1.82, 2.24) is 0 Å². The summed E-state index contributed by atoms with van der Waals surface area (Å²) in [5, 5.41) is 3.80. The van der Waals surface area contributed by atoms with Crippen LogP contribution in [0.15, 0.2) is 64.8 Å². The smallest absolute Gasteiger partial charge is 0.195 e. The number of benzene rings is 2. The van der Waals surface area contributed by atoms with Gasteiger partial charge in [-0.05, 0) is 55.1 Å². The molecule has 110 valence electrons. The van der Waals surface area contributed by atoms with Gasteiger partial charge in [-0.25, -0.2) is 0 Å². The third kappa shape index (κ3) is 3.11. The molecule has 2 heterocycles. The predicted molar refractivity (Wildman–Crippen MR) is 99.4 cm³/mol. The van der Waals surface area contributed by atoms with Gasteiger partial charge in [-0.3, -0.25) is 4.79 Å². The van der Waals surface area contributed by atoms with Crippen molar-refractivity contribution in [2.24, 2.45) is 0 Å². The molecule has 22 heavy (non-hydrogen) atoms. The lowest BCUT2D eigenvalue weighted by Crippen LogP contribution is -1.99. The molecular weight excluding hydrogens is 308 g/mol. The van der Waals surface area contributed by atoms with E-state index in [0.717, 1.165) is 20.2 Å². The van der Waals surface area contributed by atoms with Crippen molar-refractivity contribution in [2.45, 2.75) is 13.8 Å². The van der Waals surface area contributed by atoms with Crippen molar-refractivity contribution in [2.75, 3.05) is 0 Å². The topological polar surface area (TPSA) is 17.1 Å². The predicted octanol–water partition coefficient (Wildman–Crippen LogP) is 5.78. The van der Waals surface area contributed by atoms with Crippen LogP contribution >= 0.6 is 22.7 Å². The van der Waals surface area contributed by atoms with Crippen LogP contribution in [0.2, 0.25) is 0 Å². The molecule has 0 fully saturated rings. The highest BCUT2D eigenvalue weighted by molar-refractivity contribution is 7.24. The van der Waals surface area contributed by atoms with Crippen LogP contribution in [0.3, 0.4) is 0 Å². The summed E-state index contributed by atoms with van der Waals surface area (Å²) >= 11 is 3.47. The van der Waals surface area contributed by atoms with Crippen LogP contribution in [0.4, 0.5) is 0 Å². The van der Waals surface area contributed by atoms with E-state index in [0.29, 0.717) is 0 Å². The molecule has 0 spiro atoms. The summed E-state index contributed by atoms with van der Waals surface area (Å²) in [6.45, 7) is 4.24. The van der Waals surface area contributed by atoms with E-state index in [1.165, 1.54) is 10.4 Å². The van der Waals surface area contributed by atoms with Crippen LogP contribution in [0.25, 0.3) is 20.2 Å². The van der Waals surface area contributed by atoms with Gasteiger partial charge in [0.2, 0.25) is 0 Å². The highest BCUT2D eigenvalue weighted by Gasteiger charge is 2.03. The van der Waals surface area contributed by atoms with Crippen molar-refractivity contribution in [1.29, 1.82) is 0 Å². The number of fused-ring (bicyclic) bond motifs is 2. The molecule has 0 aliphatic heterocycles. The first-order valence-electron chi connectivity index (χ1n) is 7.07. The molecule has 4 aromatic rings. The lowest BCUT2D eigenvalue weighted by atomic mass is 10.2. The van der Waals surface area contributed by atoms with Crippen LogP contribution in [0.1, 0.15) is 10.4 Å². The summed E-state index contributed by atoms with van der Waals surface area (Å²) in [7, 11) is 0. The van der Waals surface area contributed by atoms with Crippen molar-refractivity contribution < 1.29 is 0 Å². The average Bonchev–Trinajstić information content (AvgIpc) is 2.92. The van der Waals surface area contributed by atoms with Gasteiger partial charge < -0.3 is 0 Å². The molecule has 0 radical (unpaired) electrons. The second kappa shape index (κ2) is 6.42. The number of rotatable bonds is 0. The quantitative estimate of drug-likeness (QED) is 0.375. The van der Waals surface area contributed by atoms with Crippen molar-refractivity contribution in [3.8, 4) is 0 Å². The largest absolute Gasteiger partial charge is 0.289 e. The van der Waals surface area contributed by atoms with E-state index in [1.807, 2.05) is 48.5 Å². The first kappa shape index (κ1) is 14.9. The minimum Gasteiger partial charge on any atom is -0.289 e. The fourth-order valence-electron chi connectivity index (χ4n) is 2.32. The summed E-state index contributed by atoms with van der Waals surface area (Å²) in [6, 6.07) is 17.7. The third-order valence-corrected chi connectivity index (χ3v) is 5.48. The molecule has 0 N–H and O–H groups in total. The molecule has 2 aromatic heterocycles. The summed E-state index contributed by atoms with van der Waals surface area (Å²) in [6.07, 6.45) is 0. The van der Waals surface area contributed by atoms with Gasteiger partial charge in [-0.15, -0.1) is 22.7 Å². The summed E-state index contributed by atoms with van der Waals surface area (Å²) in [5.74, 6) is 0. The van der Waals surface area contributed by atoms with Crippen molar-refractivity contribution in [3.63, 3.8) is 0 Å². The summed E-state index contributed by atoms with van der Waals surface area (Å²) in [5.41, 5.74) is 1.52. The van der Waals surface area contributed by atoms with Gasteiger partial charge in [0.15, 0.2) is 5.43 Å². The fraction of sp³-hybridized carbons (Fsp3) is 0.105. The molecule has 0 saturated carbocycles. The molecule has 0 unspecified atom stereocenters. The Balaban J connectivity index is 0.000000174. The Morgan fingerprint density at radius 2 is 1.36 bits per heavy atom. The van der Waals surface area contributed by atoms with Crippen LogP contribution in [0, 0.1) is 13.8 Å². The van der Waals surface area contributed by atoms with Crippen LogP contribution < -0.4 is 5.43 Å². The average molecular weight is 324 g/mol. The maximum absolute atomic E-state index is 12.1. The van der Waals surface area contributed by atoms with Crippen LogP contribution in [0.5, 0.6) is 0 Å². The fourth-order valence-corrected chi connectivity index (χ4v) is 4.09. The van der Waals surface area contributed by atoms with E-state index < -0.39 is 0 Å². The molecule has 0 saturated heterocycles. The molecule has 1 nitrogen and oxygen atoms in total. The molecule has 0 aliphatic rings. The van der Waals surface area contributed by atoms with Crippen LogP contribution in [-0.2, 0) is 0 Å². The van der Waals surface area contributed by atoms with Gasteiger partial charge in [-0.2, -0.15) is 0 Å². The zero-order chi connectivity index (χ0) is 15.5. The van der Waals surface area contributed by atoms with Crippen molar-refractivity contribution >= 4 is 42.8 Å². The molecule has 0 bridgehead atoms. The van der Waals surface area contributed by atoms with Gasteiger partial charge in [0.1, 0.15) is 0 Å². The first-order chi connectivity index (χ1) is 10.6. The Morgan fingerprint density at radius 3 is 1.77 bits per heavy atom. The minimum absolute atomic E-state index is 0.139. The Bertz CT molecular complexity index is 906. The molecule has 0 aliphatic carbocycles. The molecule has 0 atom stereocenters. The molecular formula is C19H16OS2. The van der Waals surface area contributed by atoms with Gasteiger partial charge in [-0.1, -0.05) is 24.3 Å². The third-order valence-electron chi connectivity index (χ3n) is 3.34. The lowest BCUT2D eigenvalue weighted by Gasteiger charge is -1.99. The minimum atomic E-state index is 0.139. The van der Waals surface area contributed by atoms with Gasteiger partial charge in [0.05, 0.1) is 0 Å². The zero-order valence-electron chi connectivity index (χ0n) is 12.5. The number of hydrogen-bond donors (Lipinski definition) is 0. The Hall–Kier alpha value is -1.97. The Kier molecular flexibility index (Phi) is 4.36. The summed E-state index contributed by atoms with van der Waals surface area (Å²) < 4.78 is 2.11. The monoisotopic (exact) mass is 324 g/mol. The number of aryl methyl sites for hydroxylation is 2. The standard InChI is InChI=1S/C13H8OS.C6H8S/c14-13-9-5-1-3-7-11(9)15-12-8-4-2-6-10(12)13;1-5-3-6(2)7-4-5/h1-8H;3-4H,1-2H3. The SMILES string of the molecule is Cc1csc(C)c1.O=c1c2ccccc2sc2ccccc12.